The van der Waals surface area contributed by atoms with E-state index in [9.17, 15) is 9.59 Å². The number of aryl methyl sites for hydroxylation is 1. The number of allylic oxidation sites excluding steroid dienone is 1. The Bertz CT molecular complexity index is 914. The number of methoxy groups -OCH3 is 1. The summed E-state index contributed by atoms with van der Waals surface area (Å²) in [6, 6.07) is 7.91. The van der Waals surface area contributed by atoms with Gasteiger partial charge in [0.25, 0.3) is 0 Å². The van der Waals surface area contributed by atoms with Gasteiger partial charge in [0.05, 0.1) is 12.6 Å². The van der Waals surface area contributed by atoms with Crippen molar-refractivity contribution < 1.29 is 19.1 Å². The monoisotopic (exact) mass is 369 g/mol. The van der Waals surface area contributed by atoms with Crippen molar-refractivity contribution in [2.24, 2.45) is 5.92 Å². The van der Waals surface area contributed by atoms with Crippen molar-refractivity contribution in [3.63, 3.8) is 0 Å². The van der Waals surface area contributed by atoms with E-state index >= 15 is 0 Å². The zero-order valence-electron chi connectivity index (χ0n) is 16.7. The highest BCUT2D eigenvalue weighted by Crippen LogP contribution is 2.37. The van der Waals surface area contributed by atoms with Crippen molar-refractivity contribution in [1.82, 2.24) is 4.57 Å². The Labute approximate surface area is 159 Å². The van der Waals surface area contributed by atoms with E-state index in [1.807, 2.05) is 58.0 Å². The van der Waals surface area contributed by atoms with Gasteiger partial charge in [-0.15, -0.1) is 0 Å². The molecule has 5 heteroatoms. The van der Waals surface area contributed by atoms with Crippen LogP contribution in [0.1, 0.15) is 45.4 Å². The van der Waals surface area contributed by atoms with Gasteiger partial charge in [0.2, 0.25) is 0 Å². The molecule has 0 saturated heterocycles. The highest BCUT2D eigenvalue weighted by atomic mass is 16.6. The molecule has 3 rings (SSSR count). The predicted octanol–water partition coefficient (Wildman–Crippen LogP) is 4.65. The standard InChI is InChI=1S/C22H27NO4/c1-6-15(20(24)26-5)14-11-12-17-16-9-7-8-10-18(16)23(19(17)13-14)21(25)27-22(2,3)4/h6-10,14H,11-13H2,1-5H3/b15-6+/t14-/m1/s1. The van der Waals surface area contributed by atoms with Crippen LogP contribution in [0.2, 0.25) is 0 Å². The lowest BCUT2D eigenvalue weighted by Gasteiger charge is -2.26. The summed E-state index contributed by atoms with van der Waals surface area (Å²) in [6.45, 7) is 7.44. The summed E-state index contributed by atoms with van der Waals surface area (Å²) in [5.74, 6) is -0.272. The van der Waals surface area contributed by atoms with Crippen molar-refractivity contribution in [1.29, 1.82) is 0 Å². The normalized spacial score (nSPS) is 17.5. The van der Waals surface area contributed by atoms with Crippen LogP contribution in [0.25, 0.3) is 10.9 Å². The molecule has 2 aromatic rings. The number of para-hydroxylation sites is 1. The molecule has 1 aliphatic carbocycles. The lowest BCUT2D eigenvalue weighted by molar-refractivity contribution is -0.136. The minimum Gasteiger partial charge on any atom is -0.466 e. The van der Waals surface area contributed by atoms with Crippen LogP contribution >= 0.6 is 0 Å². The number of carbonyl (C=O) groups is 2. The maximum Gasteiger partial charge on any atom is 0.419 e. The topological polar surface area (TPSA) is 57.5 Å². The molecule has 1 aromatic carbocycles. The molecule has 0 fully saturated rings. The number of hydrogen-bond acceptors (Lipinski definition) is 4. The van der Waals surface area contributed by atoms with E-state index in [1.165, 1.54) is 12.7 Å². The first kappa shape index (κ1) is 19.2. The number of aromatic nitrogens is 1. The second-order valence-corrected chi connectivity index (χ2v) is 7.93. The molecule has 5 nitrogen and oxygen atoms in total. The molecule has 1 aromatic heterocycles. The first-order valence-corrected chi connectivity index (χ1v) is 9.36. The molecule has 1 atom stereocenters. The molecule has 0 radical (unpaired) electrons. The van der Waals surface area contributed by atoms with Crippen molar-refractivity contribution in [2.45, 2.75) is 52.6 Å². The highest BCUT2D eigenvalue weighted by molar-refractivity contribution is 5.94. The first-order valence-electron chi connectivity index (χ1n) is 9.36. The molecule has 0 amide bonds. The minimum atomic E-state index is -0.579. The Hall–Kier alpha value is -2.56. The quantitative estimate of drug-likeness (QED) is 0.571. The van der Waals surface area contributed by atoms with E-state index in [0.717, 1.165) is 29.4 Å². The third kappa shape index (κ3) is 3.64. The van der Waals surface area contributed by atoms with Gasteiger partial charge in [0.15, 0.2) is 0 Å². The lowest BCUT2D eigenvalue weighted by Crippen LogP contribution is -2.30. The van der Waals surface area contributed by atoms with E-state index in [-0.39, 0.29) is 18.0 Å². The van der Waals surface area contributed by atoms with Gasteiger partial charge in [-0.05, 0) is 64.5 Å². The minimum absolute atomic E-state index is 0.0282. The average Bonchev–Trinajstić information content (AvgIpc) is 2.94. The summed E-state index contributed by atoms with van der Waals surface area (Å²) >= 11 is 0. The van der Waals surface area contributed by atoms with Gasteiger partial charge < -0.3 is 9.47 Å². The molecule has 0 unspecified atom stereocenters. The largest absolute Gasteiger partial charge is 0.466 e. The molecule has 1 aliphatic rings. The second kappa shape index (κ2) is 7.22. The zero-order valence-corrected chi connectivity index (χ0v) is 16.7. The van der Waals surface area contributed by atoms with Crippen LogP contribution in [0, 0.1) is 5.92 Å². The van der Waals surface area contributed by atoms with Crippen LogP contribution in [0.4, 0.5) is 4.79 Å². The number of ether oxygens (including phenoxy) is 2. The smallest absolute Gasteiger partial charge is 0.419 e. The molecule has 0 bridgehead atoms. The van der Waals surface area contributed by atoms with Crippen LogP contribution in [0.15, 0.2) is 35.9 Å². The van der Waals surface area contributed by atoms with E-state index in [1.54, 1.807) is 4.57 Å². The molecule has 0 spiro atoms. The van der Waals surface area contributed by atoms with Crippen LogP contribution in [0.5, 0.6) is 0 Å². The first-order chi connectivity index (χ1) is 12.8. The van der Waals surface area contributed by atoms with Crippen LogP contribution in [-0.4, -0.2) is 29.3 Å². The van der Waals surface area contributed by atoms with Gasteiger partial charge in [0, 0.05) is 16.7 Å². The predicted molar refractivity (Wildman–Crippen MR) is 105 cm³/mol. The van der Waals surface area contributed by atoms with E-state index in [2.05, 4.69) is 0 Å². The van der Waals surface area contributed by atoms with Crippen LogP contribution in [-0.2, 0) is 27.1 Å². The van der Waals surface area contributed by atoms with Gasteiger partial charge in [0.1, 0.15) is 5.60 Å². The van der Waals surface area contributed by atoms with Crippen LogP contribution in [0.3, 0.4) is 0 Å². The van der Waals surface area contributed by atoms with E-state index in [4.69, 9.17) is 9.47 Å². The van der Waals surface area contributed by atoms with Gasteiger partial charge in [-0.3, -0.25) is 0 Å². The fourth-order valence-electron chi connectivity index (χ4n) is 3.93. The Morgan fingerprint density at radius 1 is 1.22 bits per heavy atom. The number of benzene rings is 1. The average molecular weight is 369 g/mol. The maximum atomic E-state index is 13.0. The number of fused-ring (bicyclic) bond motifs is 3. The summed E-state index contributed by atoms with van der Waals surface area (Å²) in [5.41, 5.74) is 3.06. The number of carbonyl (C=O) groups excluding carboxylic acids is 2. The third-order valence-electron chi connectivity index (χ3n) is 5.02. The Morgan fingerprint density at radius 3 is 2.56 bits per heavy atom. The third-order valence-corrected chi connectivity index (χ3v) is 5.02. The summed E-state index contributed by atoms with van der Waals surface area (Å²) in [7, 11) is 1.40. The van der Waals surface area contributed by atoms with Crippen molar-refractivity contribution >= 4 is 23.0 Å². The summed E-state index contributed by atoms with van der Waals surface area (Å²) < 4.78 is 12.3. The Balaban J connectivity index is 2.09. The number of hydrogen-bond donors (Lipinski definition) is 0. The molecular weight excluding hydrogens is 342 g/mol. The van der Waals surface area contributed by atoms with Gasteiger partial charge >= 0.3 is 12.1 Å². The number of esters is 1. The molecule has 0 saturated carbocycles. The van der Waals surface area contributed by atoms with Gasteiger partial charge in [-0.25, -0.2) is 14.2 Å². The molecule has 0 aliphatic heterocycles. The highest BCUT2D eigenvalue weighted by Gasteiger charge is 2.32. The molecular formula is C22H27NO4. The van der Waals surface area contributed by atoms with Crippen molar-refractivity contribution in [3.8, 4) is 0 Å². The van der Waals surface area contributed by atoms with Gasteiger partial charge in [-0.2, -0.15) is 0 Å². The fraction of sp³-hybridized carbons (Fsp3) is 0.455. The van der Waals surface area contributed by atoms with E-state index < -0.39 is 5.60 Å². The Morgan fingerprint density at radius 2 is 1.93 bits per heavy atom. The molecule has 27 heavy (non-hydrogen) atoms. The number of nitrogens with zero attached hydrogens (tertiary/aromatic N) is 1. The summed E-state index contributed by atoms with van der Waals surface area (Å²) in [6.07, 6.45) is 3.72. The Kier molecular flexibility index (Phi) is 5.13. The van der Waals surface area contributed by atoms with E-state index in [0.29, 0.717) is 12.0 Å². The molecule has 1 heterocycles. The molecule has 144 valence electrons. The van der Waals surface area contributed by atoms with Crippen molar-refractivity contribution in [2.75, 3.05) is 7.11 Å². The summed E-state index contributed by atoms with van der Waals surface area (Å²) in [5, 5.41) is 1.08. The molecule has 0 N–H and O–H groups in total. The lowest BCUT2D eigenvalue weighted by atomic mass is 9.82. The fourth-order valence-corrected chi connectivity index (χ4v) is 3.93. The SMILES string of the molecule is C/C=C(/C(=O)OC)[C@@H]1CCc2c(n(C(=O)OC(C)(C)C)c3ccccc23)C1. The summed E-state index contributed by atoms with van der Waals surface area (Å²) in [4.78, 5) is 25.1. The van der Waals surface area contributed by atoms with Crippen LogP contribution < -0.4 is 0 Å². The maximum absolute atomic E-state index is 13.0. The van der Waals surface area contributed by atoms with Crippen molar-refractivity contribution in [3.05, 3.63) is 47.2 Å². The second-order valence-electron chi connectivity index (χ2n) is 7.93. The zero-order chi connectivity index (χ0) is 19.8. The van der Waals surface area contributed by atoms with Gasteiger partial charge in [-0.1, -0.05) is 24.3 Å². The number of rotatable bonds is 2.